The molecule has 6 rings (SSSR count). The third-order valence-corrected chi connectivity index (χ3v) is 7.38. The molecule has 1 atom stereocenters. The number of aromatic nitrogens is 3. The van der Waals surface area contributed by atoms with Crippen molar-refractivity contribution >= 4 is 11.7 Å². The van der Waals surface area contributed by atoms with E-state index in [4.69, 9.17) is 5.10 Å². The number of fused-ring (bicyclic) bond motifs is 3. The molecule has 5 aromatic rings. The number of hydrogen-bond acceptors (Lipinski definition) is 2. The molecule has 1 N–H and O–H groups in total. The van der Waals surface area contributed by atoms with E-state index in [1.165, 1.54) is 12.1 Å². The van der Waals surface area contributed by atoms with E-state index < -0.39 is 6.04 Å². The predicted molar refractivity (Wildman–Crippen MR) is 146 cm³/mol. The predicted octanol–water partition coefficient (Wildman–Crippen LogP) is 6.86. The van der Waals surface area contributed by atoms with Crippen molar-refractivity contribution in [2.24, 2.45) is 0 Å². The number of rotatable bonds is 3. The standard InChI is InChI=1S/C31H28FN5O/c1-20-9-7-12-27(21(20)2)33-31(38)36-19-26-22(3)34-37(25-10-5-4-6-11-25)30(26)35-18-8-13-28(35)29(36)23-14-16-24(32)17-15-23/h4-18,29H,19H2,1-3H3,(H,33,38)/t29-/m1/s1. The van der Waals surface area contributed by atoms with E-state index in [9.17, 15) is 9.18 Å². The number of urea groups is 1. The summed E-state index contributed by atoms with van der Waals surface area (Å²) < 4.78 is 18.0. The maximum absolute atomic E-state index is 14.1. The van der Waals surface area contributed by atoms with Gasteiger partial charge in [0, 0.05) is 17.4 Å². The minimum absolute atomic E-state index is 0.236. The molecule has 6 nitrogen and oxygen atoms in total. The normalized spacial score (nSPS) is 14.5. The summed E-state index contributed by atoms with van der Waals surface area (Å²) in [6, 6.07) is 25.5. The van der Waals surface area contributed by atoms with Gasteiger partial charge in [-0.1, -0.05) is 42.5 Å². The first-order valence-corrected chi connectivity index (χ1v) is 12.6. The molecular formula is C31H28FN5O. The number of para-hydroxylation sites is 1. The average Bonchev–Trinajstić information content (AvgIpc) is 3.48. The Morgan fingerprint density at radius 2 is 1.68 bits per heavy atom. The fourth-order valence-electron chi connectivity index (χ4n) is 5.22. The van der Waals surface area contributed by atoms with E-state index in [1.807, 2.05) is 97.2 Å². The van der Waals surface area contributed by atoms with Gasteiger partial charge >= 0.3 is 6.03 Å². The number of aryl methyl sites for hydroxylation is 2. The van der Waals surface area contributed by atoms with Crippen LogP contribution in [0.5, 0.6) is 0 Å². The van der Waals surface area contributed by atoms with Gasteiger partial charge in [0.15, 0.2) is 0 Å². The Bertz CT molecular complexity index is 1640. The molecule has 0 radical (unpaired) electrons. The lowest BCUT2D eigenvalue weighted by Crippen LogP contribution is -2.38. The van der Waals surface area contributed by atoms with Gasteiger partial charge in [0.05, 0.1) is 29.7 Å². The molecule has 0 spiro atoms. The highest BCUT2D eigenvalue weighted by molar-refractivity contribution is 5.91. The molecule has 0 unspecified atom stereocenters. The quantitative estimate of drug-likeness (QED) is 0.291. The van der Waals surface area contributed by atoms with Crippen LogP contribution in [0, 0.1) is 26.6 Å². The Balaban J connectivity index is 1.54. The van der Waals surface area contributed by atoms with Crippen LogP contribution in [-0.4, -0.2) is 25.3 Å². The first-order chi connectivity index (χ1) is 18.4. The number of nitrogens with zero attached hydrogens (tertiary/aromatic N) is 4. The van der Waals surface area contributed by atoms with Crippen LogP contribution in [0.25, 0.3) is 11.5 Å². The van der Waals surface area contributed by atoms with Gasteiger partial charge in [0.1, 0.15) is 11.6 Å². The first kappa shape index (κ1) is 23.7. The molecule has 38 heavy (non-hydrogen) atoms. The summed E-state index contributed by atoms with van der Waals surface area (Å²) in [5.41, 5.74) is 7.33. The van der Waals surface area contributed by atoms with Crippen LogP contribution in [0.1, 0.15) is 39.7 Å². The Morgan fingerprint density at radius 3 is 2.45 bits per heavy atom. The zero-order valence-corrected chi connectivity index (χ0v) is 21.5. The van der Waals surface area contributed by atoms with E-state index in [1.54, 1.807) is 12.1 Å². The summed E-state index contributed by atoms with van der Waals surface area (Å²) in [5.74, 6) is 0.575. The molecule has 0 saturated heterocycles. The zero-order valence-electron chi connectivity index (χ0n) is 21.5. The maximum Gasteiger partial charge on any atom is 0.322 e. The highest BCUT2D eigenvalue weighted by Gasteiger charge is 2.36. The summed E-state index contributed by atoms with van der Waals surface area (Å²) in [7, 11) is 0. The molecule has 2 amide bonds. The lowest BCUT2D eigenvalue weighted by molar-refractivity contribution is 0.194. The topological polar surface area (TPSA) is 55.1 Å². The molecule has 0 bridgehead atoms. The number of halogens is 1. The van der Waals surface area contributed by atoms with Gasteiger partial charge in [-0.3, -0.25) is 0 Å². The maximum atomic E-state index is 14.1. The highest BCUT2D eigenvalue weighted by atomic mass is 19.1. The van der Waals surface area contributed by atoms with Crippen molar-refractivity contribution in [3.05, 3.63) is 131 Å². The van der Waals surface area contributed by atoms with Gasteiger partial charge in [-0.15, -0.1) is 0 Å². The van der Waals surface area contributed by atoms with Gasteiger partial charge in [0.25, 0.3) is 0 Å². The summed E-state index contributed by atoms with van der Waals surface area (Å²) in [6.07, 6.45) is 2.00. The molecule has 1 aliphatic heterocycles. The molecule has 3 heterocycles. The van der Waals surface area contributed by atoms with E-state index in [0.29, 0.717) is 6.54 Å². The molecule has 0 fully saturated rings. The van der Waals surface area contributed by atoms with Crippen molar-refractivity contribution in [1.29, 1.82) is 0 Å². The SMILES string of the molecule is Cc1cccc(NC(=O)N2Cc3c(C)nn(-c4ccccc4)c3-n3cccc3[C@H]2c2ccc(F)cc2)c1C. The Hall–Kier alpha value is -4.65. The third-order valence-electron chi connectivity index (χ3n) is 7.38. The first-order valence-electron chi connectivity index (χ1n) is 12.6. The fraction of sp³-hybridized carbons (Fsp3) is 0.161. The summed E-state index contributed by atoms with van der Waals surface area (Å²) >= 11 is 0. The van der Waals surface area contributed by atoms with E-state index in [0.717, 1.165) is 50.8 Å². The zero-order chi connectivity index (χ0) is 26.4. The molecule has 1 aliphatic rings. The van der Waals surface area contributed by atoms with Gasteiger partial charge in [0.2, 0.25) is 0 Å². The smallest absolute Gasteiger partial charge is 0.308 e. The second-order valence-electron chi connectivity index (χ2n) is 9.70. The van der Waals surface area contributed by atoms with Crippen LogP contribution < -0.4 is 5.32 Å². The van der Waals surface area contributed by atoms with Crippen molar-refractivity contribution < 1.29 is 9.18 Å². The number of nitrogens with one attached hydrogen (secondary N) is 1. The lowest BCUT2D eigenvalue weighted by atomic mass is 10.0. The average molecular weight is 506 g/mol. The van der Waals surface area contributed by atoms with Crippen molar-refractivity contribution in [2.75, 3.05) is 5.32 Å². The molecule has 3 aromatic carbocycles. The van der Waals surface area contributed by atoms with Crippen molar-refractivity contribution in [1.82, 2.24) is 19.2 Å². The van der Waals surface area contributed by atoms with Crippen LogP contribution in [0.2, 0.25) is 0 Å². The van der Waals surface area contributed by atoms with Crippen LogP contribution >= 0.6 is 0 Å². The minimum Gasteiger partial charge on any atom is -0.308 e. The lowest BCUT2D eigenvalue weighted by Gasteiger charge is -2.31. The van der Waals surface area contributed by atoms with Gasteiger partial charge in [-0.05, 0) is 79.9 Å². The number of hydrogen-bond donors (Lipinski definition) is 1. The summed E-state index contributed by atoms with van der Waals surface area (Å²) in [6.45, 7) is 6.33. The van der Waals surface area contributed by atoms with Crippen molar-refractivity contribution in [3.63, 3.8) is 0 Å². The third kappa shape index (κ3) is 3.96. The summed E-state index contributed by atoms with van der Waals surface area (Å²) in [5, 5.41) is 8.03. The van der Waals surface area contributed by atoms with Gasteiger partial charge in [-0.2, -0.15) is 5.10 Å². The number of anilines is 1. The fourth-order valence-corrected chi connectivity index (χ4v) is 5.22. The number of carbonyl (C=O) groups excluding carboxylic acids is 1. The second kappa shape index (κ2) is 9.34. The van der Waals surface area contributed by atoms with Crippen LogP contribution in [0.4, 0.5) is 14.9 Å². The Morgan fingerprint density at radius 1 is 0.921 bits per heavy atom. The van der Waals surface area contributed by atoms with Crippen LogP contribution in [0.15, 0.2) is 91.1 Å². The van der Waals surface area contributed by atoms with Gasteiger partial charge in [-0.25, -0.2) is 13.9 Å². The van der Waals surface area contributed by atoms with E-state index in [-0.39, 0.29) is 11.8 Å². The molecule has 0 saturated carbocycles. The largest absolute Gasteiger partial charge is 0.322 e. The second-order valence-corrected chi connectivity index (χ2v) is 9.70. The molecule has 190 valence electrons. The molecular weight excluding hydrogens is 477 g/mol. The van der Waals surface area contributed by atoms with E-state index >= 15 is 0 Å². The van der Waals surface area contributed by atoms with Crippen LogP contribution in [0.3, 0.4) is 0 Å². The number of benzene rings is 3. The number of carbonyl (C=O) groups is 1. The van der Waals surface area contributed by atoms with Crippen LogP contribution in [-0.2, 0) is 6.54 Å². The molecule has 0 aliphatic carbocycles. The monoisotopic (exact) mass is 505 g/mol. The Labute approximate surface area is 221 Å². The summed E-state index contributed by atoms with van der Waals surface area (Å²) in [4.78, 5) is 15.9. The highest BCUT2D eigenvalue weighted by Crippen LogP contribution is 2.39. The minimum atomic E-state index is -0.452. The molecule has 7 heteroatoms. The molecule has 2 aromatic heterocycles. The Kier molecular flexibility index (Phi) is 5.83. The van der Waals surface area contributed by atoms with Crippen molar-refractivity contribution in [2.45, 2.75) is 33.4 Å². The van der Waals surface area contributed by atoms with Crippen molar-refractivity contribution in [3.8, 4) is 11.5 Å². The number of amides is 2. The van der Waals surface area contributed by atoms with E-state index in [2.05, 4.69) is 9.88 Å². The van der Waals surface area contributed by atoms with Gasteiger partial charge < -0.3 is 14.8 Å².